The summed E-state index contributed by atoms with van der Waals surface area (Å²) in [5.74, 6) is 1.46. The summed E-state index contributed by atoms with van der Waals surface area (Å²) in [5, 5.41) is 12.8. The average molecular weight is 293 g/mol. The van der Waals surface area contributed by atoms with Crippen molar-refractivity contribution in [3.8, 4) is 11.5 Å². The van der Waals surface area contributed by atoms with Gasteiger partial charge in [0.25, 0.3) is 5.91 Å². The lowest BCUT2D eigenvalue weighted by molar-refractivity contribution is -0.124. The van der Waals surface area contributed by atoms with Gasteiger partial charge in [0, 0.05) is 6.54 Å². The van der Waals surface area contributed by atoms with Crippen molar-refractivity contribution in [2.24, 2.45) is 5.92 Å². The van der Waals surface area contributed by atoms with Gasteiger partial charge in [-0.25, -0.2) is 0 Å². The SMILES string of the molecule is CCOc1ccc(OCC(=O)NCC(C)(O)C2CC2)cc1. The minimum Gasteiger partial charge on any atom is -0.494 e. The lowest BCUT2D eigenvalue weighted by Gasteiger charge is -2.23. The van der Waals surface area contributed by atoms with Gasteiger partial charge in [-0.05, 0) is 56.9 Å². The third-order valence-corrected chi connectivity index (χ3v) is 3.60. The first-order chi connectivity index (χ1) is 10.0. The standard InChI is InChI=1S/C16H23NO4/c1-3-20-13-6-8-14(9-7-13)21-10-15(18)17-11-16(2,19)12-4-5-12/h6-9,12,19H,3-5,10-11H2,1-2H3,(H,17,18). The molecule has 0 aliphatic heterocycles. The van der Waals surface area contributed by atoms with Gasteiger partial charge >= 0.3 is 0 Å². The Hall–Kier alpha value is -1.75. The highest BCUT2D eigenvalue weighted by atomic mass is 16.5. The fourth-order valence-corrected chi connectivity index (χ4v) is 2.13. The van der Waals surface area contributed by atoms with Gasteiger partial charge in [0.05, 0.1) is 12.2 Å². The summed E-state index contributed by atoms with van der Waals surface area (Å²) in [6.45, 7) is 4.50. The van der Waals surface area contributed by atoms with Crippen molar-refractivity contribution in [1.29, 1.82) is 0 Å². The fourth-order valence-electron chi connectivity index (χ4n) is 2.13. The van der Waals surface area contributed by atoms with Crippen LogP contribution in [-0.2, 0) is 4.79 Å². The van der Waals surface area contributed by atoms with Crippen LogP contribution in [0.15, 0.2) is 24.3 Å². The molecule has 0 heterocycles. The highest BCUT2D eigenvalue weighted by Crippen LogP contribution is 2.38. The number of benzene rings is 1. The predicted molar refractivity (Wildman–Crippen MR) is 79.5 cm³/mol. The van der Waals surface area contributed by atoms with Crippen LogP contribution in [0.25, 0.3) is 0 Å². The molecule has 1 aromatic rings. The minimum absolute atomic E-state index is 0.0608. The number of amides is 1. The van der Waals surface area contributed by atoms with E-state index in [0.717, 1.165) is 18.6 Å². The van der Waals surface area contributed by atoms with E-state index in [-0.39, 0.29) is 19.1 Å². The number of carbonyl (C=O) groups excluding carboxylic acids is 1. The van der Waals surface area contributed by atoms with Crippen molar-refractivity contribution in [2.75, 3.05) is 19.8 Å². The molecule has 0 bridgehead atoms. The smallest absolute Gasteiger partial charge is 0.258 e. The first kappa shape index (κ1) is 15.6. The molecular formula is C16H23NO4. The molecule has 0 radical (unpaired) electrons. The van der Waals surface area contributed by atoms with Gasteiger partial charge in [0.1, 0.15) is 11.5 Å². The zero-order chi connectivity index (χ0) is 15.3. The van der Waals surface area contributed by atoms with E-state index >= 15 is 0 Å². The predicted octanol–water partition coefficient (Wildman–Crippen LogP) is 1.74. The van der Waals surface area contributed by atoms with E-state index in [1.165, 1.54) is 0 Å². The van der Waals surface area contributed by atoms with E-state index in [2.05, 4.69) is 5.32 Å². The maximum Gasteiger partial charge on any atom is 0.258 e. The molecule has 1 atom stereocenters. The normalized spacial score (nSPS) is 16.9. The van der Waals surface area contributed by atoms with Crippen LogP contribution in [0, 0.1) is 5.92 Å². The molecule has 1 aromatic carbocycles. The molecule has 2 N–H and O–H groups in total. The van der Waals surface area contributed by atoms with Gasteiger partial charge in [0.2, 0.25) is 0 Å². The molecule has 1 amide bonds. The average Bonchev–Trinajstić information content (AvgIpc) is 3.30. The third kappa shape index (κ3) is 4.93. The van der Waals surface area contributed by atoms with Crippen molar-refractivity contribution in [3.05, 3.63) is 24.3 Å². The van der Waals surface area contributed by atoms with Crippen molar-refractivity contribution in [2.45, 2.75) is 32.3 Å². The topological polar surface area (TPSA) is 67.8 Å². The van der Waals surface area contributed by atoms with Gasteiger partial charge in [0.15, 0.2) is 6.61 Å². The Morgan fingerprint density at radius 3 is 2.38 bits per heavy atom. The number of hydrogen-bond donors (Lipinski definition) is 2. The van der Waals surface area contributed by atoms with Crippen LogP contribution in [0.1, 0.15) is 26.7 Å². The number of rotatable bonds is 8. The number of nitrogens with one attached hydrogen (secondary N) is 1. The van der Waals surface area contributed by atoms with E-state index in [9.17, 15) is 9.90 Å². The summed E-state index contributed by atoms with van der Waals surface area (Å²) in [6, 6.07) is 7.13. The second-order valence-electron chi connectivity index (χ2n) is 5.60. The van der Waals surface area contributed by atoms with E-state index < -0.39 is 5.60 Å². The van der Waals surface area contributed by atoms with E-state index in [1.54, 1.807) is 31.2 Å². The Morgan fingerprint density at radius 1 is 1.29 bits per heavy atom. The molecule has 1 fully saturated rings. The second kappa shape index (κ2) is 6.80. The Balaban J connectivity index is 1.70. The molecule has 21 heavy (non-hydrogen) atoms. The molecule has 1 unspecified atom stereocenters. The highest BCUT2D eigenvalue weighted by Gasteiger charge is 2.39. The van der Waals surface area contributed by atoms with Crippen LogP contribution in [0.5, 0.6) is 11.5 Å². The van der Waals surface area contributed by atoms with Crippen molar-refractivity contribution < 1.29 is 19.4 Å². The number of ether oxygens (including phenoxy) is 2. The lowest BCUT2D eigenvalue weighted by Crippen LogP contribution is -2.43. The van der Waals surface area contributed by atoms with Gasteiger partial charge < -0.3 is 19.9 Å². The first-order valence-corrected chi connectivity index (χ1v) is 7.36. The van der Waals surface area contributed by atoms with Crippen LogP contribution in [0.4, 0.5) is 0 Å². The molecule has 116 valence electrons. The quantitative estimate of drug-likeness (QED) is 0.766. The molecule has 0 aromatic heterocycles. The van der Waals surface area contributed by atoms with Gasteiger partial charge in [-0.2, -0.15) is 0 Å². The second-order valence-corrected chi connectivity index (χ2v) is 5.60. The summed E-state index contributed by atoms with van der Waals surface area (Å²) in [5.41, 5.74) is -0.811. The summed E-state index contributed by atoms with van der Waals surface area (Å²) < 4.78 is 10.7. The van der Waals surface area contributed by atoms with Crippen LogP contribution in [0.2, 0.25) is 0 Å². The van der Waals surface area contributed by atoms with Crippen LogP contribution >= 0.6 is 0 Å². The zero-order valence-electron chi connectivity index (χ0n) is 12.6. The molecule has 1 aliphatic carbocycles. The van der Waals surface area contributed by atoms with Crippen molar-refractivity contribution in [3.63, 3.8) is 0 Å². The number of hydrogen-bond acceptors (Lipinski definition) is 4. The molecule has 5 heteroatoms. The largest absolute Gasteiger partial charge is 0.494 e. The Bertz CT molecular complexity index is 466. The van der Waals surface area contributed by atoms with Gasteiger partial charge in [-0.3, -0.25) is 4.79 Å². The Morgan fingerprint density at radius 2 is 1.86 bits per heavy atom. The van der Waals surface area contributed by atoms with E-state index in [1.807, 2.05) is 6.92 Å². The van der Waals surface area contributed by atoms with E-state index in [0.29, 0.717) is 18.3 Å². The third-order valence-electron chi connectivity index (χ3n) is 3.60. The first-order valence-electron chi connectivity index (χ1n) is 7.36. The summed E-state index contributed by atoms with van der Waals surface area (Å²) in [7, 11) is 0. The molecular weight excluding hydrogens is 270 g/mol. The summed E-state index contributed by atoms with van der Waals surface area (Å²) in [4.78, 5) is 11.7. The number of aliphatic hydroxyl groups is 1. The number of carbonyl (C=O) groups is 1. The molecule has 0 saturated heterocycles. The monoisotopic (exact) mass is 293 g/mol. The fraction of sp³-hybridized carbons (Fsp3) is 0.562. The maximum absolute atomic E-state index is 11.7. The van der Waals surface area contributed by atoms with Crippen LogP contribution in [-0.4, -0.2) is 36.4 Å². The molecule has 5 nitrogen and oxygen atoms in total. The summed E-state index contributed by atoms with van der Waals surface area (Å²) in [6.07, 6.45) is 2.07. The molecule has 1 saturated carbocycles. The van der Waals surface area contributed by atoms with Gasteiger partial charge in [-0.15, -0.1) is 0 Å². The van der Waals surface area contributed by atoms with Crippen LogP contribution < -0.4 is 14.8 Å². The van der Waals surface area contributed by atoms with Gasteiger partial charge in [-0.1, -0.05) is 0 Å². The Labute approximate surface area is 125 Å². The summed E-state index contributed by atoms with van der Waals surface area (Å²) >= 11 is 0. The molecule has 1 aliphatic rings. The lowest BCUT2D eigenvalue weighted by atomic mass is 10.0. The van der Waals surface area contributed by atoms with E-state index in [4.69, 9.17) is 9.47 Å². The molecule has 2 rings (SSSR count). The van der Waals surface area contributed by atoms with Crippen LogP contribution in [0.3, 0.4) is 0 Å². The Kier molecular flexibility index (Phi) is 5.07. The molecule has 0 spiro atoms. The zero-order valence-corrected chi connectivity index (χ0v) is 12.6. The van der Waals surface area contributed by atoms with Crippen molar-refractivity contribution in [1.82, 2.24) is 5.32 Å². The minimum atomic E-state index is -0.811. The van der Waals surface area contributed by atoms with Crippen molar-refractivity contribution >= 4 is 5.91 Å². The maximum atomic E-state index is 11.7. The highest BCUT2D eigenvalue weighted by molar-refractivity contribution is 5.77.